The van der Waals surface area contributed by atoms with Gasteiger partial charge in [-0.05, 0) is 31.4 Å². The molecule has 96 valence electrons. The summed E-state index contributed by atoms with van der Waals surface area (Å²) in [7, 11) is 0. The highest BCUT2D eigenvalue weighted by Crippen LogP contribution is 2.17. The predicted octanol–water partition coefficient (Wildman–Crippen LogP) is 2.21. The molecule has 18 heavy (non-hydrogen) atoms. The van der Waals surface area contributed by atoms with Gasteiger partial charge >= 0.3 is 0 Å². The van der Waals surface area contributed by atoms with Gasteiger partial charge in [-0.2, -0.15) is 5.26 Å². The molecule has 0 aliphatic carbocycles. The van der Waals surface area contributed by atoms with Crippen molar-refractivity contribution in [2.75, 3.05) is 13.2 Å². The molecular formula is C14H17FN2O. The van der Waals surface area contributed by atoms with Gasteiger partial charge in [0.2, 0.25) is 0 Å². The summed E-state index contributed by atoms with van der Waals surface area (Å²) in [5.41, 5.74) is 0.952. The van der Waals surface area contributed by atoms with Gasteiger partial charge < -0.3 is 10.1 Å². The lowest BCUT2D eigenvalue weighted by atomic mass is 10.0. The fourth-order valence-electron chi connectivity index (χ4n) is 2.14. The van der Waals surface area contributed by atoms with Crippen molar-refractivity contribution in [2.45, 2.75) is 25.9 Å². The van der Waals surface area contributed by atoms with Crippen LogP contribution in [0.15, 0.2) is 18.2 Å². The second-order valence-corrected chi connectivity index (χ2v) is 4.71. The third-order valence-electron chi connectivity index (χ3n) is 3.47. The number of benzene rings is 1. The normalized spacial score (nSPS) is 20.6. The number of ether oxygens (including phenoxy) is 1. The Bertz CT molecular complexity index is 450. The molecule has 2 rings (SSSR count). The van der Waals surface area contributed by atoms with Crippen molar-refractivity contribution < 1.29 is 9.13 Å². The first kappa shape index (κ1) is 13.0. The molecule has 2 atom stereocenters. The molecule has 0 spiro atoms. The van der Waals surface area contributed by atoms with Gasteiger partial charge in [0, 0.05) is 24.8 Å². The average Bonchev–Trinajstić information content (AvgIpc) is 2.90. The number of hydrogen-bond donors (Lipinski definition) is 1. The first-order valence-corrected chi connectivity index (χ1v) is 6.20. The Labute approximate surface area is 107 Å². The van der Waals surface area contributed by atoms with E-state index < -0.39 is 0 Å². The monoisotopic (exact) mass is 248 g/mol. The molecular weight excluding hydrogens is 231 g/mol. The van der Waals surface area contributed by atoms with E-state index in [9.17, 15) is 4.39 Å². The standard InChI is InChI=1S/C14H17FN2O/c1-10(13-4-5-18-9-13)17-8-12-3-2-11(7-16)6-14(12)15/h2-3,6,10,13,17H,4-5,8-9H2,1H3. The molecule has 0 amide bonds. The quantitative estimate of drug-likeness (QED) is 0.888. The van der Waals surface area contributed by atoms with Crippen LogP contribution < -0.4 is 5.32 Å². The Hall–Kier alpha value is -1.44. The van der Waals surface area contributed by atoms with E-state index >= 15 is 0 Å². The molecule has 0 radical (unpaired) electrons. The maximum atomic E-state index is 13.6. The molecule has 0 bridgehead atoms. The molecule has 1 aromatic rings. The van der Waals surface area contributed by atoms with Gasteiger partial charge in [0.25, 0.3) is 0 Å². The number of hydrogen-bond acceptors (Lipinski definition) is 3. The highest BCUT2D eigenvalue weighted by Gasteiger charge is 2.21. The minimum atomic E-state index is -0.323. The summed E-state index contributed by atoms with van der Waals surface area (Å²) in [5.74, 6) is 0.183. The molecule has 1 heterocycles. The zero-order valence-electron chi connectivity index (χ0n) is 10.4. The molecule has 1 N–H and O–H groups in total. The zero-order valence-corrected chi connectivity index (χ0v) is 10.4. The molecule has 1 aliphatic rings. The molecule has 4 heteroatoms. The topological polar surface area (TPSA) is 45.0 Å². The summed E-state index contributed by atoms with van der Waals surface area (Å²) in [6, 6.07) is 6.82. The number of nitrogens with zero attached hydrogens (tertiary/aromatic N) is 1. The van der Waals surface area contributed by atoms with Crippen LogP contribution in [-0.2, 0) is 11.3 Å². The van der Waals surface area contributed by atoms with Crippen molar-refractivity contribution in [3.8, 4) is 6.07 Å². The van der Waals surface area contributed by atoms with Crippen LogP contribution in [0.25, 0.3) is 0 Å². The lowest BCUT2D eigenvalue weighted by Gasteiger charge is -2.19. The first-order chi connectivity index (χ1) is 8.70. The van der Waals surface area contributed by atoms with Crippen LogP contribution in [0.4, 0.5) is 4.39 Å². The van der Waals surface area contributed by atoms with Gasteiger partial charge in [-0.3, -0.25) is 0 Å². The third kappa shape index (κ3) is 3.06. The van der Waals surface area contributed by atoms with Crippen LogP contribution in [0.1, 0.15) is 24.5 Å². The lowest BCUT2D eigenvalue weighted by Crippen LogP contribution is -2.33. The minimum absolute atomic E-state index is 0.308. The van der Waals surface area contributed by atoms with E-state index in [1.165, 1.54) is 6.07 Å². The van der Waals surface area contributed by atoms with Gasteiger partial charge in [0.1, 0.15) is 5.82 Å². The molecule has 2 unspecified atom stereocenters. The molecule has 3 nitrogen and oxygen atoms in total. The van der Waals surface area contributed by atoms with Crippen molar-refractivity contribution in [1.29, 1.82) is 5.26 Å². The molecule has 1 aliphatic heterocycles. The Morgan fingerprint density at radius 1 is 1.61 bits per heavy atom. The maximum absolute atomic E-state index is 13.6. The largest absolute Gasteiger partial charge is 0.381 e. The van der Waals surface area contributed by atoms with E-state index in [2.05, 4.69) is 12.2 Å². The number of halogens is 1. The van der Waals surface area contributed by atoms with Crippen LogP contribution >= 0.6 is 0 Å². The minimum Gasteiger partial charge on any atom is -0.381 e. The molecule has 1 aromatic carbocycles. The summed E-state index contributed by atoms with van der Waals surface area (Å²) >= 11 is 0. The average molecular weight is 248 g/mol. The first-order valence-electron chi connectivity index (χ1n) is 6.20. The van der Waals surface area contributed by atoms with Gasteiger partial charge in [0.05, 0.1) is 18.2 Å². The Kier molecular flexibility index (Phi) is 4.29. The van der Waals surface area contributed by atoms with E-state index in [1.54, 1.807) is 12.1 Å². The van der Waals surface area contributed by atoms with Gasteiger partial charge in [-0.15, -0.1) is 0 Å². The molecule has 1 fully saturated rings. The summed E-state index contributed by atoms with van der Waals surface area (Å²) < 4.78 is 19.0. The van der Waals surface area contributed by atoms with Crippen LogP contribution in [-0.4, -0.2) is 19.3 Å². The fourth-order valence-corrected chi connectivity index (χ4v) is 2.14. The fraction of sp³-hybridized carbons (Fsp3) is 0.500. The van der Waals surface area contributed by atoms with Gasteiger partial charge in [-0.25, -0.2) is 4.39 Å². The van der Waals surface area contributed by atoms with E-state index in [1.807, 2.05) is 6.07 Å². The number of nitrogens with one attached hydrogen (secondary N) is 1. The van der Waals surface area contributed by atoms with Crippen LogP contribution in [0.2, 0.25) is 0 Å². The highest BCUT2D eigenvalue weighted by molar-refractivity contribution is 5.32. The molecule has 0 saturated carbocycles. The zero-order chi connectivity index (χ0) is 13.0. The van der Waals surface area contributed by atoms with Crippen molar-refractivity contribution >= 4 is 0 Å². The Balaban J connectivity index is 1.91. The second kappa shape index (κ2) is 5.94. The SMILES string of the molecule is CC(NCc1ccc(C#N)cc1F)C1CCOC1. The van der Waals surface area contributed by atoms with Crippen molar-refractivity contribution in [2.24, 2.45) is 5.92 Å². The van der Waals surface area contributed by atoms with Gasteiger partial charge in [0.15, 0.2) is 0 Å². The van der Waals surface area contributed by atoms with Crippen LogP contribution in [0.3, 0.4) is 0 Å². The Morgan fingerprint density at radius 3 is 3.06 bits per heavy atom. The van der Waals surface area contributed by atoms with Crippen LogP contribution in [0, 0.1) is 23.1 Å². The summed E-state index contributed by atoms with van der Waals surface area (Å²) in [6.07, 6.45) is 1.06. The number of nitriles is 1. The summed E-state index contributed by atoms with van der Waals surface area (Å²) in [5, 5.41) is 12.0. The summed E-state index contributed by atoms with van der Waals surface area (Å²) in [6.45, 7) is 4.18. The highest BCUT2D eigenvalue weighted by atomic mass is 19.1. The van der Waals surface area contributed by atoms with Crippen LogP contribution in [0.5, 0.6) is 0 Å². The second-order valence-electron chi connectivity index (χ2n) is 4.71. The third-order valence-corrected chi connectivity index (χ3v) is 3.47. The van der Waals surface area contributed by atoms with Crippen molar-refractivity contribution in [3.63, 3.8) is 0 Å². The van der Waals surface area contributed by atoms with E-state index in [0.29, 0.717) is 29.6 Å². The van der Waals surface area contributed by atoms with E-state index in [0.717, 1.165) is 19.6 Å². The van der Waals surface area contributed by atoms with Crippen molar-refractivity contribution in [3.05, 3.63) is 35.1 Å². The summed E-state index contributed by atoms with van der Waals surface area (Å²) in [4.78, 5) is 0. The smallest absolute Gasteiger partial charge is 0.129 e. The van der Waals surface area contributed by atoms with Gasteiger partial charge in [-0.1, -0.05) is 6.07 Å². The molecule has 1 saturated heterocycles. The Morgan fingerprint density at radius 2 is 2.44 bits per heavy atom. The predicted molar refractivity (Wildman–Crippen MR) is 66.3 cm³/mol. The van der Waals surface area contributed by atoms with E-state index in [-0.39, 0.29) is 5.82 Å². The molecule has 0 aromatic heterocycles. The maximum Gasteiger partial charge on any atom is 0.129 e. The lowest BCUT2D eigenvalue weighted by molar-refractivity contribution is 0.178. The van der Waals surface area contributed by atoms with E-state index in [4.69, 9.17) is 10.00 Å². The van der Waals surface area contributed by atoms with Crippen molar-refractivity contribution in [1.82, 2.24) is 5.32 Å². The number of rotatable bonds is 4.